The summed E-state index contributed by atoms with van der Waals surface area (Å²) in [4.78, 5) is 15.5. The first-order valence-electron chi connectivity index (χ1n) is 6.17. The van der Waals surface area contributed by atoms with Crippen LogP contribution < -0.4 is 9.61 Å². The number of hydrazone groups is 1. The van der Waals surface area contributed by atoms with Crippen LogP contribution in [0.3, 0.4) is 0 Å². The Bertz CT molecular complexity index is 789. The summed E-state index contributed by atoms with van der Waals surface area (Å²) >= 11 is 0. The zero-order valence-corrected chi connectivity index (χ0v) is 12.4. The van der Waals surface area contributed by atoms with Crippen molar-refractivity contribution in [1.29, 1.82) is 0 Å². The summed E-state index contributed by atoms with van der Waals surface area (Å²) in [5, 5.41) is 3.81. The third-order valence-corrected chi connectivity index (χ3v) is 2.92. The molecule has 0 aliphatic heterocycles. The van der Waals surface area contributed by atoms with Crippen LogP contribution in [0.1, 0.15) is 15.9 Å². The average Bonchev–Trinajstić information content (AvgIpc) is 2.47. The fourth-order valence-electron chi connectivity index (χ4n) is 1.55. The van der Waals surface area contributed by atoms with Crippen LogP contribution >= 0.6 is 0 Å². The Hall–Kier alpha value is -2.74. The van der Waals surface area contributed by atoms with Crippen LogP contribution in [0.15, 0.2) is 53.9 Å². The summed E-state index contributed by atoms with van der Waals surface area (Å²) in [6, 6.07) is 9.43. The highest BCUT2D eigenvalue weighted by Crippen LogP contribution is 2.13. The summed E-state index contributed by atoms with van der Waals surface area (Å²) in [6.07, 6.45) is 5.35. The van der Waals surface area contributed by atoms with Crippen molar-refractivity contribution in [3.63, 3.8) is 0 Å². The molecular formula is C14H13N3O4S. The molecule has 0 atom stereocenters. The van der Waals surface area contributed by atoms with E-state index in [0.717, 1.165) is 6.26 Å². The van der Waals surface area contributed by atoms with Gasteiger partial charge in [0.2, 0.25) is 0 Å². The molecule has 0 aliphatic carbocycles. The van der Waals surface area contributed by atoms with E-state index in [2.05, 4.69) is 15.5 Å². The number of rotatable bonds is 5. The van der Waals surface area contributed by atoms with E-state index in [9.17, 15) is 13.2 Å². The molecule has 0 unspecified atom stereocenters. The molecule has 0 radical (unpaired) electrons. The van der Waals surface area contributed by atoms with E-state index in [-0.39, 0.29) is 11.7 Å². The van der Waals surface area contributed by atoms with Gasteiger partial charge in [0.25, 0.3) is 5.91 Å². The normalized spacial score (nSPS) is 11.3. The molecule has 2 rings (SSSR count). The van der Waals surface area contributed by atoms with E-state index in [1.54, 1.807) is 24.3 Å². The maximum absolute atomic E-state index is 11.7. The highest BCUT2D eigenvalue weighted by Gasteiger charge is 2.04. The second kappa shape index (κ2) is 6.81. The van der Waals surface area contributed by atoms with Gasteiger partial charge in [0.1, 0.15) is 5.75 Å². The molecule has 22 heavy (non-hydrogen) atoms. The second-order valence-corrected chi connectivity index (χ2v) is 5.87. The molecule has 8 heteroatoms. The zero-order valence-electron chi connectivity index (χ0n) is 11.6. The molecule has 0 saturated carbocycles. The lowest BCUT2D eigenvalue weighted by atomic mass is 10.2. The molecule has 1 amide bonds. The summed E-state index contributed by atoms with van der Waals surface area (Å²) in [5.41, 5.74) is 3.37. The standard InChI is InChI=1S/C14H13N3O4S/c1-22(19,20)21-13-4-2-3-11(9-13)10-16-17-14(18)12-5-7-15-8-6-12/h2-10H,1H3,(H,17,18)/b16-10-. The fourth-order valence-corrected chi connectivity index (χ4v) is 2.01. The minimum Gasteiger partial charge on any atom is -0.383 e. The molecule has 1 N–H and O–H groups in total. The van der Waals surface area contributed by atoms with Crippen molar-refractivity contribution in [3.8, 4) is 5.75 Å². The van der Waals surface area contributed by atoms with Crippen molar-refractivity contribution >= 4 is 22.2 Å². The molecule has 1 heterocycles. The van der Waals surface area contributed by atoms with Crippen LogP contribution in [0.4, 0.5) is 0 Å². The highest BCUT2D eigenvalue weighted by molar-refractivity contribution is 7.86. The minimum absolute atomic E-state index is 0.173. The lowest BCUT2D eigenvalue weighted by molar-refractivity contribution is 0.0955. The minimum atomic E-state index is -3.58. The van der Waals surface area contributed by atoms with Gasteiger partial charge in [-0.1, -0.05) is 12.1 Å². The smallest absolute Gasteiger partial charge is 0.306 e. The van der Waals surface area contributed by atoms with Gasteiger partial charge in [-0.25, -0.2) is 5.43 Å². The number of aromatic nitrogens is 1. The van der Waals surface area contributed by atoms with Crippen molar-refractivity contribution in [1.82, 2.24) is 10.4 Å². The third-order valence-electron chi connectivity index (χ3n) is 2.43. The van der Waals surface area contributed by atoms with Crippen molar-refractivity contribution in [2.24, 2.45) is 5.10 Å². The Morgan fingerprint density at radius 2 is 2.00 bits per heavy atom. The molecule has 114 valence electrons. The molecule has 7 nitrogen and oxygen atoms in total. The summed E-state index contributed by atoms with van der Waals surface area (Å²) < 4.78 is 26.9. The predicted octanol–water partition coefficient (Wildman–Crippen LogP) is 1.18. The predicted molar refractivity (Wildman–Crippen MR) is 81.2 cm³/mol. The quantitative estimate of drug-likeness (QED) is 0.507. The molecule has 1 aromatic heterocycles. The Morgan fingerprint density at radius 1 is 1.27 bits per heavy atom. The van der Waals surface area contributed by atoms with Gasteiger partial charge in [0.05, 0.1) is 12.5 Å². The monoisotopic (exact) mass is 319 g/mol. The van der Waals surface area contributed by atoms with Crippen molar-refractivity contribution in [2.45, 2.75) is 0 Å². The molecule has 0 spiro atoms. The van der Waals surface area contributed by atoms with E-state index in [1.165, 1.54) is 30.7 Å². The SMILES string of the molecule is CS(=O)(=O)Oc1cccc(/C=N\NC(=O)c2ccncc2)c1. The van der Waals surface area contributed by atoms with Gasteiger partial charge in [-0.2, -0.15) is 13.5 Å². The Morgan fingerprint density at radius 3 is 2.68 bits per heavy atom. The van der Waals surface area contributed by atoms with Crippen LogP contribution in [0, 0.1) is 0 Å². The number of nitrogens with one attached hydrogen (secondary N) is 1. The van der Waals surface area contributed by atoms with E-state index >= 15 is 0 Å². The molecule has 0 bridgehead atoms. The molecule has 0 fully saturated rings. The van der Waals surface area contributed by atoms with Crippen LogP contribution in [0.5, 0.6) is 5.75 Å². The maximum Gasteiger partial charge on any atom is 0.306 e. The number of hydrogen-bond acceptors (Lipinski definition) is 6. The van der Waals surface area contributed by atoms with Crippen molar-refractivity contribution < 1.29 is 17.4 Å². The molecule has 1 aromatic carbocycles. The van der Waals surface area contributed by atoms with Gasteiger partial charge >= 0.3 is 10.1 Å². The van der Waals surface area contributed by atoms with Crippen LogP contribution in [-0.4, -0.2) is 31.8 Å². The van der Waals surface area contributed by atoms with E-state index in [4.69, 9.17) is 4.18 Å². The first kappa shape index (κ1) is 15.6. The lowest BCUT2D eigenvalue weighted by Crippen LogP contribution is -2.17. The van der Waals surface area contributed by atoms with Crippen LogP contribution in [0.2, 0.25) is 0 Å². The van der Waals surface area contributed by atoms with Gasteiger partial charge in [-0.3, -0.25) is 9.78 Å². The Balaban J connectivity index is 2.02. The summed E-state index contributed by atoms with van der Waals surface area (Å²) in [6.45, 7) is 0. The van der Waals surface area contributed by atoms with E-state index in [1.807, 2.05) is 0 Å². The molecule has 2 aromatic rings. The van der Waals surface area contributed by atoms with Gasteiger partial charge in [-0.15, -0.1) is 0 Å². The van der Waals surface area contributed by atoms with Gasteiger partial charge in [-0.05, 0) is 29.8 Å². The molecule has 0 saturated heterocycles. The molecular weight excluding hydrogens is 306 g/mol. The summed E-state index contributed by atoms with van der Waals surface area (Å²) in [7, 11) is -3.58. The van der Waals surface area contributed by atoms with Gasteiger partial charge in [0, 0.05) is 18.0 Å². The van der Waals surface area contributed by atoms with Crippen molar-refractivity contribution in [3.05, 3.63) is 59.9 Å². The number of carbonyl (C=O) groups is 1. The number of hydrogen-bond donors (Lipinski definition) is 1. The third kappa shape index (κ3) is 4.98. The fraction of sp³-hybridized carbons (Fsp3) is 0.0714. The van der Waals surface area contributed by atoms with Gasteiger partial charge in [0.15, 0.2) is 0 Å². The largest absolute Gasteiger partial charge is 0.383 e. The first-order valence-corrected chi connectivity index (χ1v) is 7.99. The van der Waals surface area contributed by atoms with E-state index < -0.39 is 10.1 Å². The Kier molecular flexibility index (Phi) is 4.84. The number of carbonyl (C=O) groups excluding carboxylic acids is 1. The summed E-state index contributed by atoms with van der Waals surface area (Å²) in [5.74, 6) is -0.200. The van der Waals surface area contributed by atoms with Crippen LogP contribution in [0.25, 0.3) is 0 Å². The number of pyridine rings is 1. The topological polar surface area (TPSA) is 97.7 Å². The second-order valence-electron chi connectivity index (χ2n) is 4.29. The lowest BCUT2D eigenvalue weighted by Gasteiger charge is -2.03. The van der Waals surface area contributed by atoms with Crippen LogP contribution in [-0.2, 0) is 10.1 Å². The Labute approximate surface area is 127 Å². The van der Waals surface area contributed by atoms with Gasteiger partial charge < -0.3 is 4.18 Å². The average molecular weight is 319 g/mol. The number of nitrogens with zero attached hydrogens (tertiary/aromatic N) is 2. The molecule has 0 aliphatic rings. The number of amides is 1. The van der Waals surface area contributed by atoms with E-state index in [0.29, 0.717) is 11.1 Å². The maximum atomic E-state index is 11.7. The highest BCUT2D eigenvalue weighted by atomic mass is 32.2. The first-order chi connectivity index (χ1) is 10.4. The zero-order chi connectivity index (χ0) is 16.0. The number of benzene rings is 1. The van der Waals surface area contributed by atoms with Crippen molar-refractivity contribution in [2.75, 3.05) is 6.26 Å².